The maximum Gasteiger partial charge on any atom is 0.224 e. The van der Waals surface area contributed by atoms with Crippen molar-refractivity contribution in [2.24, 2.45) is 5.92 Å². The molecule has 0 heterocycles. The van der Waals surface area contributed by atoms with Gasteiger partial charge in [0.25, 0.3) is 0 Å². The third-order valence-electron chi connectivity index (χ3n) is 4.20. The molecule has 1 saturated carbocycles. The minimum atomic E-state index is 0.0946. The molecule has 0 bridgehead atoms. The normalized spacial score (nSPS) is 15.6. The second-order valence-electron chi connectivity index (χ2n) is 5.78. The van der Waals surface area contributed by atoms with Gasteiger partial charge in [0.1, 0.15) is 0 Å². The van der Waals surface area contributed by atoms with Crippen molar-refractivity contribution in [3.63, 3.8) is 0 Å². The molecule has 0 unspecified atom stereocenters. The van der Waals surface area contributed by atoms with Gasteiger partial charge in [0.05, 0.1) is 14.2 Å². The molecule has 1 aliphatic carbocycles. The van der Waals surface area contributed by atoms with Crippen molar-refractivity contribution in [3.05, 3.63) is 17.7 Å². The topological polar surface area (TPSA) is 47.6 Å². The summed E-state index contributed by atoms with van der Waals surface area (Å²) >= 11 is 0. The van der Waals surface area contributed by atoms with Crippen LogP contribution in [0.4, 0.5) is 5.69 Å². The van der Waals surface area contributed by atoms with E-state index in [0.717, 1.165) is 11.3 Å². The Morgan fingerprint density at radius 2 is 1.76 bits per heavy atom. The molecule has 0 atom stereocenters. The van der Waals surface area contributed by atoms with Gasteiger partial charge in [-0.15, -0.1) is 0 Å². The van der Waals surface area contributed by atoms with E-state index in [2.05, 4.69) is 5.32 Å². The molecule has 1 aliphatic rings. The molecule has 1 N–H and O–H groups in total. The van der Waals surface area contributed by atoms with E-state index in [1.54, 1.807) is 14.2 Å². The highest BCUT2D eigenvalue weighted by atomic mass is 16.5. The van der Waals surface area contributed by atoms with E-state index < -0.39 is 0 Å². The molecule has 116 valence electrons. The lowest BCUT2D eigenvalue weighted by Crippen LogP contribution is -2.18. The summed E-state index contributed by atoms with van der Waals surface area (Å²) in [6, 6.07) is 3.71. The maximum atomic E-state index is 12.2. The second kappa shape index (κ2) is 7.34. The van der Waals surface area contributed by atoms with E-state index in [9.17, 15) is 4.79 Å². The lowest BCUT2D eigenvalue weighted by atomic mass is 9.87. The van der Waals surface area contributed by atoms with E-state index in [0.29, 0.717) is 23.8 Å². The average molecular weight is 291 g/mol. The first kappa shape index (κ1) is 15.7. The van der Waals surface area contributed by atoms with Crippen molar-refractivity contribution in [2.75, 3.05) is 19.5 Å². The molecule has 0 spiro atoms. The van der Waals surface area contributed by atoms with Crippen LogP contribution in [0, 0.1) is 12.8 Å². The molecule has 1 aromatic rings. The fourth-order valence-corrected chi connectivity index (χ4v) is 2.97. The van der Waals surface area contributed by atoms with Crippen LogP contribution >= 0.6 is 0 Å². The van der Waals surface area contributed by atoms with Gasteiger partial charge in [-0.2, -0.15) is 0 Å². The maximum absolute atomic E-state index is 12.2. The molecule has 0 radical (unpaired) electrons. The van der Waals surface area contributed by atoms with Crippen LogP contribution in [0.2, 0.25) is 0 Å². The molecule has 1 aromatic carbocycles. The molecule has 0 aliphatic heterocycles. The van der Waals surface area contributed by atoms with Gasteiger partial charge in [0.2, 0.25) is 5.91 Å². The second-order valence-corrected chi connectivity index (χ2v) is 5.78. The number of rotatable bonds is 5. The Labute approximate surface area is 126 Å². The molecule has 0 aromatic heterocycles. The number of methoxy groups -OCH3 is 2. The molecular weight excluding hydrogens is 266 g/mol. The summed E-state index contributed by atoms with van der Waals surface area (Å²) in [6.07, 6.45) is 6.80. The van der Waals surface area contributed by atoms with E-state index in [-0.39, 0.29) is 5.91 Å². The first-order chi connectivity index (χ1) is 10.1. The van der Waals surface area contributed by atoms with Gasteiger partial charge in [0, 0.05) is 18.2 Å². The van der Waals surface area contributed by atoms with Crippen LogP contribution in [-0.2, 0) is 4.79 Å². The summed E-state index contributed by atoms with van der Waals surface area (Å²) < 4.78 is 10.5. The van der Waals surface area contributed by atoms with Crippen LogP contribution in [0.5, 0.6) is 11.5 Å². The summed E-state index contributed by atoms with van der Waals surface area (Å²) in [7, 11) is 3.21. The van der Waals surface area contributed by atoms with E-state index in [4.69, 9.17) is 9.47 Å². The zero-order chi connectivity index (χ0) is 15.2. The van der Waals surface area contributed by atoms with E-state index in [1.807, 2.05) is 19.1 Å². The molecule has 1 fully saturated rings. The van der Waals surface area contributed by atoms with Crippen LogP contribution < -0.4 is 14.8 Å². The minimum absolute atomic E-state index is 0.0946. The van der Waals surface area contributed by atoms with Gasteiger partial charge < -0.3 is 14.8 Å². The Balaban J connectivity index is 2.02. The van der Waals surface area contributed by atoms with Gasteiger partial charge in [-0.3, -0.25) is 4.79 Å². The number of anilines is 1. The van der Waals surface area contributed by atoms with Gasteiger partial charge in [0.15, 0.2) is 11.5 Å². The van der Waals surface area contributed by atoms with Crippen LogP contribution in [0.1, 0.15) is 44.1 Å². The number of hydrogen-bond acceptors (Lipinski definition) is 3. The summed E-state index contributed by atoms with van der Waals surface area (Å²) in [5.74, 6) is 1.95. The van der Waals surface area contributed by atoms with Crippen LogP contribution in [0.3, 0.4) is 0 Å². The third-order valence-corrected chi connectivity index (χ3v) is 4.20. The summed E-state index contributed by atoms with van der Waals surface area (Å²) in [5, 5.41) is 3.01. The minimum Gasteiger partial charge on any atom is -0.493 e. The monoisotopic (exact) mass is 291 g/mol. The number of hydrogen-bond donors (Lipinski definition) is 1. The van der Waals surface area contributed by atoms with Crippen molar-refractivity contribution >= 4 is 11.6 Å². The van der Waals surface area contributed by atoms with Crippen molar-refractivity contribution in [1.29, 1.82) is 0 Å². The Hall–Kier alpha value is -1.71. The highest BCUT2D eigenvalue weighted by molar-refractivity contribution is 5.92. The molecule has 2 rings (SSSR count). The third kappa shape index (κ3) is 4.13. The van der Waals surface area contributed by atoms with Gasteiger partial charge in [-0.1, -0.05) is 19.3 Å². The van der Waals surface area contributed by atoms with Gasteiger partial charge in [-0.05, 0) is 37.3 Å². The van der Waals surface area contributed by atoms with Crippen molar-refractivity contribution < 1.29 is 14.3 Å². The summed E-state index contributed by atoms with van der Waals surface area (Å²) in [4.78, 5) is 12.2. The first-order valence-corrected chi connectivity index (χ1v) is 7.66. The van der Waals surface area contributed by atoms with Crippen LogP contribution in [0.25, 0.3) is 0 Å². The molecule has 1 amide bonds. The SMILES string of the molecule is COc1cc(C)c(NC(=O)CC2CCCCC2)cc1OC. The molecule has 4 heteroatoms. The average Bonchev–Trinajstić information content (AvgIpc) is 2.49. The van der Waals surface area contributed by atoms with Gasteiger partial charge >= 0.3 is 0 Å². The van der Waals surface area contributed by atoms with Crippen molar-refractivity contribution in [3.8, 4) is 11.5 Å². The summed E-state index contributed by atoms with van der Waals surface area (Å²) in [5.41, 5.74) is 1.78. The number of benzene rings is 1. The number of amides is 1. The van der Waals surface area contributed by atoms with E-state index >= 15 is 0 Å². The molecule has 0 saturated heterocycles. The lowest BCUT2D eigenvalue weighted by molar-refractivity contribution is -0.117. The predicted molar refractivity (Wildman–Crippen MR) is 84.1 cm³/mol. The molecular formula is C17H25NO3. The van der Waals surface area contributed by atoms with E-state index in [1.165, 1.54) is 32.1 Å². The van der Waals surface area contributed by atoms with Crippen LogP contribution in [0.15, 0.2) is 12.1 Å². The molecule has 4 nitrogen and oxygen atoms in total. The Morgan fingerprint density at radius 1 is 1.14 bits per heavy atom. The highest BCUT2D eigenvalue weighted by Gasteiger charge is 2.18. The van der Waals surface area contributed by atoms with Crippen molar-refractivity contribution in [1.82, 2.24) is 0 Å². The van der Waals surface area contributed by atoms with Crippen molar-refractivity contribution in [2.45, 2.75) is 45.4 Å². The number of ether oxygens (including phenoxy) is 2. The predicted octanol–water partition coefficient (Wildman–Crippen LogP) is 3.92. The Bertz CT molecular complexity index is 493. The van der Waals surface area contributed by atoms with Crippen LogP contribution in [-0.4, -0.2) is 20.1 Å². The smallest absolute Gasteiger partial charge is 0.224 e. The number of carbonyl (C=O) groups excluding carboxylic acids is 1. The quantitative estimate of drug-likeness (QED) is 0.894. The fraction of sp³-hybridized carbons (Fsp3) is 0.588. The number of nitrogens with one attached hydrogen (secondary N) is 1. The molecule has 21 heavy (non-hydrogen) atoms. The van der Waals surface area contributed by atoms with Gasteiger partial charge in [-0.25, -0.2) is 0 Å². The number of carbonyl (C=O) groups is 1. The standard InChI is InChI=1S/C17H25NO3/c1-12-9-15(20-2)16(21-3)11-14(12)18-17(19)10-13-7-5-4-6-8-13/h9,11,13H,4-8,10H2,1-3H3,(H,18,19). The zero-order valence-corrected chi connectivity index (χ0v) is 13.2. The lowest BCUT2D eigenvalue weighted by Gasteiger charge is -2.21. The highest BCUT2D eigenvalue weighted by Crippen LogP contribution is 2.33. The Morgan fingerprint density at radius 3 is 2.38 bits per heavy atom. The summed E-state index contributed by atoms with van der Waals surface area (Å²) in [6.45, 7) is 1.96. The first-order valence-electron chi connectivity index (χ1n) is 7.66. The zero-order valence-electron chi connectivity index (χ0n) is 13.2. The fourth-order valence-electron chi connectivity index (χ4n) is 2.97. The Kier molecular flexibility index (Phi) is 5.48. The number of aryl methyl sites for hydroxylation is 1. The largest absolute Gasteiger partial charge is 0.493 e.